The van der Waals surface area contributed by atoms with Gasteiger partial charge in [-0.2, -0.15) is 23.4 Å². The number of nitrogens with one attached hydrogen (secondary N) is 1. The lowest BCUT2D eigenvalue weighted by molar-refractivity contribution is -0.137. The molecule has 1 saturated carbocycles. The fourth-order valence-electron chi connectivity index (χ4n) is 6.72. The fraction of sp³-hybridized carbons (Fsp3) is 0.433. The number of thiophene rings is 1. The molecule has 1 spiro atoms. The van der Waals surface area contributed by atoms with Gasteiger partial charge in [0.25, 0.3) is 0 Å². The number of hydrogen-bond acceptors (Lipinski definition) is 9. The Kier molecular flexibility index (Phi) is 6.05. The molecule has 0 bridgehead atoms. The lowest BCUT2D eigenvalue weighted by atomic mass is 9.92. The zero-order valence-corrected chi connectivity index (χ0v) is 24.1. The van der Waals surface area contributed by atoms with Crippen LogP contribution in [0.1, 0.15) is 30.4 Å². The first-order chi connectivity index (χ1) is 21.0. The molecule has 0 unspecified atom stereocenters. The van der Waals surface area contributed by atoms with Gasteiger partial charge in [0.05, 0.1) is 21.2 Å². The molecular weight excluding hydrogens is 601 g/mol. The van der Waals surface area contributed by atoms with Crippen LogP contribution in [0.2, 0.25) is 0 Å². The molecule has 1 aliphatic carbocycles. The van der Waals surface area contributed by atoms with Crippen LogP contribution in [0.5, 0.6) is 5.88 Å². The summed E-state index contributed by atoms with van der Waals surface area (Å²) in [6, 6.07) is 4.94. The number of aromatic nitrogens is 2. The average molecular weight is 628 g/mol. The van der Waals surface area contributed by atoms with Gasteiger partial charge in [0, 0.05) is 49.7 Å². The number of nitrogens with two attached hydrogens (primary N) is 1. The number of alkyl halides is 3. The number of hydrogen-bond donors (Lipinski definition) is 2. The molecule has 3 aliphatic heterocycles. The van der Waals surface area contributed by atoms with Gasteiger partial charge >= 0.3 is 6.18 Å². The van der Waals surface area contributed by atoms with Crippen molar-refractivity contribution in [3.63, 3.8) is 0 Å². The minimum atomic E-state index is -5.02. The first-order valence-electron chi connectivity index (χ1n) is 14.4. The zero-order chi connectivity index (χ0) is 30.5. The zero-order valence-electron chi connectivity index (χ0n) is 23.3. The third-order valence-corrected chi connectivity index (χ3v) is 10.4. The Balaban J connectivity index is 1.30. The van der Waals surface area contributed by atoms with E-state index in [4.69, 9.17) is 10.5 Å². The number of ether oxygens (including phenoxy) is 1. The summed E-state index contributed by atoms with van der Waals surface area (Å²) in [6.45, 7) is 4.49. The SMILES string of the molecule is N#Cc1c(N)sc2c(F)ccc(-c3c(C(F)(F)F)cc4c(O[C@@H]5CCNC5)nc(N5CC(N6CC7(CC7)C6)C5)nc4c3F)c12. The molecule has 5 heterocycles. The van der Waals surface area contributed by atoms with Crippen LogP contribution in [-0.2, 0) is 6.18 Å². The maximum Gasteiger partial charge on any atom is 0.417 e. The number of likely N-dealkylation sites (tertiary alicyclic amines) is 1. The number of rotatable bonds is 5. The number of halogens is 5. The molecule has 8 nitrogen and oxygen atoms in total. The predicted molar refractivity (Wildman–Crippen MR) is 156 cm³/mol. The van der Waals surface area contributed by atoms with Crippen LogP contribution in [0.15, 0.2) is 18.2 Å². The number of anilines is 2. The monoisotopic (exact) mass is 627 g/mol. The minimum Gasteiger partial charge on any atom is -0.472 e. The number of fused-ring (bicyclic) bond motifs is 2. The standard InChI is InChI=1S/C30H26F5N7OS/c31-20-2-1-16(21-18(8-36)26(37)44-25(20)21)22-19(30(33,34)35)7-17-24(23(22)32)39-28(40-27(17)43-15-3-6-38-9-15)41-10-14(11-41)42-12-29(13-42)4-5-29/h1-2,7,14-15,38H,3-6,9-13,37H2/t15-/m1/s1. The van der Waals surface area contributed by atoms with E-state index < -0.39 is 28.9 Å². The second-order valence-corrected chi connectivity index (χ2v) is 13.3. The van der Waals surface area contributed by atoms with Gasteiger partial charge in [-0.05, 0) is 48.9 Å². The summed E-state index contributed by atoms with van der Waals surface area (Å²) in [5.41, 5.74) is 3.43. The van der Waals surface area contributed by atoms with E-state index in [0.29, 0.717) is 44.1 Å². The number of nitrogen functional groups attached to an aromatic ring is 1. The molecule has 0 amide bonds. The quantitative estimate of drug-likeness (QED) is 0.288. The van der Waals surface area contributed by atoms with Gasteiger partial charge in [-0.1, -0.05) is 6.07 Å². The third kappa shape index (κ3) is 4.28. The van der Waals surface area contributed by atoms with E-state index in [1.54, 1.807) is 0 Å². The van der Waals surface area contributed by atoms with E-state index in [1.807, 2.05) is 11.0 Å². The highest BCUT2D eigenvalue weighted by atomic mass is 32.1. The van der Waals surface area contributed by atoms with E-state index >= 15 is 4.39 Å². The highest BCUT2D eigenvalue weighted by molar-refractivity contribution is 7.23. The fourth-order valence-corrected chi connectivity index (χ4v) is 7.67. The maximum absolute atomic E-state index is 16.7. The van der Waals surface area contributed by atoms with Crippen LogP contribution in [0.25, 0.3) is 32.1 Å². The van der Waals surface area contributed by atoms with Crippen LogP contribution in [0, 0.1) is 28.4 Å². The topological polar surface area (TPSA) is 103 Å². The van der Waals surface area contributed by atoms with Gasteiger partial charge in [-0.15, -0.1) is 11.3 Å². The highest BCUT2D eigenvalue weighted by Crippen LogP contribution is 2.54. The average Bonchev–Trinajstić information content (AvgIpc) is 3.42. The van der Waals surface area contributed by atoms with Crippen molar-refractivity contribution in [3.05, 3.63) is 41.0 Å². The Morgan fingerprint density at radius 2 is 1.93 bits per heavy atom. The molecule has 0 radical (unpaired) electrons. The molecule has 3 saturated heterocycles. The van der Waals surface area contributed by atoms with E-state index in [0.717, 1.165) is 42.6 Å². The Morgan fingerprint density at radius 3 is 2.59 bits per heavy atom. The summed E-state index contributed by atoms with van der Waals surface area (Å²) >= 11 is 0.726. The van der Waals surface area contributed by atoms with Crippen LogP contribution < -0.4 is 20.7 Å². The van der Waals surface area contributed by atoms with Crippen molar-refractivity contribution in [3.8, 4) is 23.1 Å². The van der Waals surface area contributed by atoms with Crippen molar-refractivity contribution >= 4 is 43.3 Å². The maximum atomic E-state index is 16.7. The molecule has 4 aliphatic rings. The molecule has 4 aromatic rings. The second-order valence-electron chi connectivity index (χ2n) is 12.3. The van der Waals surface area contributed by atoms with Crippen molar-refractivity contribution in [1.29, 1.82) is 5.26 Å². The lowest BCUT2D eigenvalue weighted by Crippen LogP contribution is -2.66. The minimum absolute atomic E-state index is 0.0729. The summed E-state index contributed by atoms with van der Waals surface area (Å²) < 4.78 is 81.6. The molecular formula is C30H26F5N7OS. The molecule has 3 N–H and O–H groups in total. The molecule has 2 aromatic heterocycles. The Labute approximate surface area is 252 Å². The Hall–Kier alpha value is -3.80. The summed E-state index contributed by atoms with van der Waals surface area (Å²) in [5, 5.41) is 12.4. The third-order valence-electron chi connectivity index (χ3n) is 9.38. The summed E-state index contributed by atoms with van der Waals surface area (Å²) in [6.07, 6.45) is -2.24. The lowest BCUT2D eigenvalue weighted by Gasteiger charge is -2.52. The molecule has 14 heteroatoms. The number of nitriles is 1. The van der Waals surface area contributed by atoms with Crippen molar-refractivity contribution < 1.29 is 26.7 Å². The van der Waals surface area contributed by atoms with Gasteiger partial charge in [0.2, 0.25) is 11.8 Å². The van der Waals surface area contributed by atoms with E-state index in [2.05, 4.69) is 20.2 Å². The van der Waals surface area contributed by atoms with Gasteiger partial charge in [0.15, 0.2) is 5.82 Å². The van der Waals surface area contributed by atoms with Crippen molar-refractivity contribution in [2.24, 2.45) is 5.41 Å². The van der Waals surface area contributed by atoms with E-state index in [9.17, 15) is 22.8 Å². The van der Waals surface area contributed by atoms with Gasteiger partial charge in [-0.25, -0.2) is 13.8 Å². The van der Waals surface area contributed by atoms with Crippen LogP contribution >= 0.6 is 11.3 Å². The van der Waals surface area contributed by atoms with Gasteiger partial charge < -0.3 is 20.7 Å². The van der Waals surface area contributed by atoms with E-state index in [-0.39, 0.29) is 55.0 Å². The predicted octanol–water partition coefficient (Wildman–Crippen LogP) is 5.29. The Bertz CT molecular complexity index is 1880. The number of benzene rings is 2. The first kappa shape index (κ1) is 27.7. The molecule has 44 heavy (non-hydrogen) atoms. The van der Waals surface area contributed by atoms with Crippen LogP contribution in [-0.4, -0.2) is 66.3 Å². The molecule has 2 aromatic carbocycles. The van der Waals surface area contributed by atoms with Gasteiger partial charge in [0.1, 0.15) is 28.5 Å². The van der Waals surface area contributed by atoms with E-state index in [1.165, 1.54) is 12.8 Å². The molecule has 228 valence electrons. The smallest absolute Gasteiger partial charge is 0.417 e. The summed E-state index contributed by atoms with van der Waals surface area (Å²) in [7, 11) is 0. The van der Waals surface area contributed by atoms with Crippen molar-refractivity contribution in [1.82, 2.24) is 20.2 Å². The Morgan fingerprint density at radius 1 is 1.16 bits per heavy atom. The number of nitrogens with zero attached hydrogens (tertiary/aromatic N) is 5. The van der Waals surface area contributed by atoms with Gasteiger partial charge in [-0.3, -0.25) is 4.90 Å². The summed E-state index contributed by atoms with van der Waals surface area (Å²) in [4.78, 5) is 13.3. The van der Waals surface area contributed by atoms with Crippen LogP contribution in [0.4, 0.5) is 32.9 Å². The second kappa shape index (κ2) is 9.60. The normalized spacial score (nSPS) is 21.5. The first-order valence-corrected chi connectivity index (χ1v) is 15.3. The molecule has 4 fully saturated rings. The van der Waals surface area contributed by atoms with Crippen LogP contribution in [0.3, 0.4) is 0 Å². The van der Waals surface area contributed by atoms with Crippen molar-refractivity contribution in [2.45, 2.75) is 37.6 Å². The largest absolute Gasteiger partial charge is 0.472 e. The van der Waals surface area contributed by atoms with Crippen molar-refractivity contribution in [2.75, 3.05) is 49.9 Å². The molecule has 1 atom stereocenters. The highest BCUT2D eigenvalue weighted by Gasteiger charge is 2.55. The summed E-state index contributed by atoms with van der Waals surface area (Å²) in [5.74, 6) is -1.99. The molecule has 8 rings (SSSR count).